The smallest absolute Gasteiger partial charge is 0.338 e. The molecule has 0 N–H and O–H groups in total. The van der Waals surface area contributed by atoms with Gasteiger partial charge in [0, 0.05) is 25.4 Å². The molecule has 0 saturated carbocycles. The third-order valence-electron chi connectivity index (χ3n) is 3.81. The van der Waals surface area contributed by atoms with E-state index in [1.165, 1.54) is 33.0 Å². The molecular formula is C15H19N3O2. The van der Waals surface area contributed by atoms with E-state index < -0.39 is 0 Å². The first-order chi connectivity index (χ1) is 9.76. The van der Waals surface area contributed by atoms with Crippen molar-refractivity contribution in [3.05, 3.63) is 35.8 Å². The molecule has 0 amide bonds. The van der Waals surface area contributed by atoms with E-state index in [0.717, 1.165) is 24.3 Å². The third-order valence-corrected chi connectivity index (χ3v) is 3.81. The summed E-state index contributed by atoms with van der Waals surface area (Å²) in [6, 6.07) is 3.52. The van der Waals surface area contributed by atoms with Crippen LogP contribution < -0.4 is 0 Å². The van der Waals surface area contributed by atoms with Crippen LogP contribution in [0, 0.1) is 0 Å². The van der Waals surface area contributed by atoms with Gasteiger partial charge < -0.3 is 14.0 Å². The molecule has 0 spiro atoms. The maximum absolute atomic E-state index is 11.5. The first-order valence-corrected chi connectivity index (χ1v) is 7.04. The van der Waals surface area contributed by atoms with Gasteiger partial charge in [0.1, 0.15) is 5.65 Å². The first kappa shape index (κ1) is 13.1. The van der Waals surface area contributed by atoms with Crippen LogP contribution in [0.15, 0.2) is 24.5 Å². The fourth-order valence-corrected chi connectivity index (χ4v) is 2.68. The standard InChI is InChI=1S/C15H19N3O2/c1-20-15(19)12-4-9-18-11-13(16-14(18)10-12)5-8-17-6-2-3-7-17/h4,9-11H,2-3,5-8H2,1H3. The van der Waals surface area contributed by atoms with E-state index in [2.05, 4.69) is 9.88 Å². The van der Waals surface area contributed by atoms with Crippen molar-refractivity contribution in [1.29, 1.82) is 0 Å². The number of ether oxygens (including phenoxy) is 1. The number of rotatable bonds is 4. The molecule has 5 heteroatoms. The van der Waals surface area contributed by atoms with Crippen LogP contribution >= 0.6 is 0 Å². The summed E-state index contributed by atoms with van der Waals surface area (Å²) in [6.07, 6.45) is 7.47. The molecule has 0 unspecified atom stereocenters. The highest BCUT2D eigenvalue weighted by atomic mass is 16.5. The zero-order valence-corrected chi connectivity index (χ0v) is 11.7. The Morgan fingerprint density at radius 3 is 2.95 bits per heavy atom. The molecule has 0 aromatic carbocycles. The Labute approximate surface area is 118 Å². The lowest BCUT2D eigenvalue weighted by Gasteiger charge is -2.12. The molecule has 5 nitrogen and oxygen atoms in total. The van der Waals surface area contributed by atoms with Gasteiger partial charge in [-0.3, -0.25) is 0 Å². The number of esters is 1. The SMILES string of the molecule is COC(=O)c1ccn2cc(CCN3CCCC3)nc2c1. The molecule has 1 fully saturated rings. The van der Waals surface area contributed by atoms with E-state index >= 15 is 0 Å². The highest BCUT2D eigenvalue weighted by Crippen LogP contribution is 2.12. The maximum Gasteiger partial charge on any atom is 0.338 e. The Hall–Kier alpha value is -1.88. The zero-order valence-electron chi connectivity index (χ0n) is 11.7. The van der Waals surface area contributed by atoms with Gasteiger partial charge in [-0.1, -0.05) is 0 Å². The van der Waals surface area contributed by atoms with E-state index in [4.69, 9.17) is 4.74 Å². The molecule has 20 heavy (non-hydrogen) atoms. The number of hydrogen-bond acceptors (Lipinski definition) is 4. The maximum atomic E-state index is 11.5. The van der Waals surface area contributed by atoms with Crippen molar-refractivity contribution >= 4 is 11.6 Å². The lowest BCUT2D eigenvalue weighted by atomic mass is 10.3. The number of pyridine rings is 1. The van der Waals surface area contributed by atoms with Crippen molar-refractivity contribution in [3.8, 4) is 0 Å². The molecule has 3 heterocycles. The van der Waals surface area contributed by atoms with Crippen molar-refractivity contribution in [3.63, 3.8) is 0 Å². The first-order valence-electron chi connectivity index (χ1n) is 7.04. The van der Waals surface area contributed by atoms with Gasteiger partial charge in [0.2, 0.25) is 0 Å². The fourth-order valence-electron chi connectivity index (χ4n) is 2.68. The van der Waals surface area contributed by atoms with Gasteiger partial charge in [-0.25, -0.2) is 9.78 Å². The Morgan fingerprint density at radius 2 is 2.20 bits per heavy atom. The zero-order chi connectivity index (χ0) is 13.9. The van der Waals surface area contributed by atoms with E-state index in [-0.39, 0.29) is 5.97 Å². The summed E-state index contributed by atoms with van der Waals surface area (Å²) in [5.41, 5.74) is 2.40. The van der Waals surface area contributed by atoms with Crippen LogP contribution in [-0.2, 0) is 11.2 Å². The Bertz CT molecular complexity index is 615. The second-order valence-corrected chi connectivity index (χ2v) is 5.20. The highest BCUT2D eigenvalue weighted by molar-refractivity contribution is 5.90. The molecular weight excluding hydrogens is 254 g/mol. The lowest BCUT2D eigenvalue weighted by Crippen LogP contribution is -2.21. The summed E-state index contributed by atoms with van der Waals surface area (Å²) in [5, 5.41) is 0. The monoisotopic (exact) mass is 273 g/mol. The van der Waals surface area contributed by atoms with E-state index in [9.17, 15) is 4.79 Å². The molecule has 0 atom stereocenters. The summed E-state index contributed by atoms with van der Waals surface area (Å²) >= 11 is 0. The molecule has 106 valence electrons. The van der Waals surface area contributed by atoms with Gasteiger partial charge in [-0.05, 0) is 38.1 Å². The molecule has 1 saturated heterocycles. The lowest BCUT2D eigenvalue weighted by molar-refractivity contribution is 0.0600. The van der Waals surface area contributed by atoms with Crippen molar-refractivity contribution < 1.29 is 9.53 Å². The van der Waals surface area contributed by atoms with Gasteiger partial charge >= 0.3 is 5.97 Å². The number of nitrogens with zero attached hydrogens (tertiary/aromatic N) is 3. The summed E-state index contributed by atoms with van der Waals surface area (Å²) in [6.45, 7) is 3.48. The second kappa shape index (κ2) is 5.63. The largest absolute Gasteiger partial charge is 0.465 e. The highest BCUT2D eigenvalue weighted by Gasteiger charge is 2.12. The quantitative estimate of drug-likeness (QED) is 0.796. The number of fused-ring (bicyclic) bond motifs is 1. The average molecular weight is 273 g/mol. The molecule has 0 radical (unpaired) electrons. The average Bonchev–Trinajstić information content (AvgIpc) is 3.12. The predicted octanol–water partition coefficient (Wildman–Crippen LogP) is 1.76. The van der Waals surface area contributed by atoms with E-state index in [1.807, 2.05) is 16.8 Å². The number of aromatic nitrogens is 2. The minimum Gasteiger partial charge on any atom is -0.465 e. The minimum atomic E-state index is -0.325. The normalized spacial score (nSPS) is 15.8. The number of methoxy groups -OCH3 is 1. The number of likely N-dealkylation sites (tertiary alicyclic amines) is 1. The van der Waals surface area contributed by atoms with Crippen LogP contribution in [-0.4, -0.2) is 47.0 Å². The Morgan fingerprint density at radius 1 is 1.40 bits per heavy atom. The molecule has 0 aliphatic carbocycles. The van der Waals surface area contributed by atoms with Crippen molar-refractivity contribution in [1.82, 2.24) is 14.3 Å². The molecule has 2 aromatic rings. The van der Waals surface area contributed by atoms with Gasteiger partial charge in [-0.15, -0.1) is 0 Å². The number of carbonyl (C=O) groups excluding carboxylic acids is 1. The van der Waals surface area contributed by atoms with Crippen molar-refractivity contribution in [2.24, 2.45) is 0 Å². The number of hydrogen-bond donors (Lipinski definition) is 0. The fraction of sp³-hybridized carbons (Fsp3) is 0.467. The molecule has 3 rings (SSSR count). The molecule has 1 aliphatic heterocycles. The van der Waals surface area contributed by atoms with Crippen LogP contribution in [0.5, 0.6) is 0 Å². The summed E-state index contributed by atoms with van der Waals surface area (Å²) in [7, 11) is 1.39. The topological polar surface area (TPSA) is 46.8 Å². The van der Waals surface area contributed by atoms with Crippen molar-refractivity contribution in [2.75, 3.05) is 26.7 Å². The summed E-state index contributed by atoms with van der Waals surface area (Å²) in [4.78, 5) is 18.6. The Kier molecular flexibility index (Phi) is 3.69. The van der Waals surface area contributed by atoms with Crippen LogP contribution in [0.1, 0.15) is 28.9 Å². The van der Waals surface area contributed by atoms with E-state index in [1.54, 1.807) is 12.1 Å². The van der Waals surface area contributed by atoms with E-state index in [0.29, 0.717) is 5.56 Å². The Balaban J connectivity index is 1.74. The summed E-state index contributed by atoms with van der Waals surface area (Å²) < 4.78 is 6.67. The van der Waals surface area contributed by atoms with Crippen LogP contribution in [0.25, 0.3) is 5.65 Å². The minimum absolute atomic E-state index is 0.325. The predicted molar refractivity (Wildman–Crippen MR) is 75.9 cm³/mol. The summed E-state index contributed by atoms with van der Waals surface area (Å²) in [5.74, 6) is -0.325. The van der Waals surface area contributed by atoms with Gasteiger partial charge in [0.25, 0.3) is 0 Å². The second-order valence-electron chi connectivity index (χ2n) is 5.20. The number of carbonyl (C=O) groups is 1. The molecule has 0 bridgehead atoms. The molecule has 2 aromatic heterocycles. The van der Waals surface area contributed by atoms with Crippen LogP contribution in [0.4, 0.5) is 0 Å². The number of imidazole rings is 1. The van der Waals surface area contributed by atoms with Gasteiger partial charge in [0.05, 0.1) is 18.4 Å². The van der Waals surface area contributed by atoms with Gasteiger partial charge in [0.15, 0.2) is 0 Å². The molecule has 1 aliphatic rings. The van der Waals surface area contributed by atoms with Gasteiger partial charge in [-0.2, -0.15) is 0 Å². The van der Waals surface area contributed by atoms with Crippen LogP contribution in [0.2, 0.25) is 0 Å². The van der Waals surface area contributed by atoms with Crippen molar-refractivity contribution in [2.45, 2.75) is 19.3 Å². The van der Waals surface area contributed by atoms with Crippen LogP contribution in [0.3, 0.4) is 0 Å². The third kappa shape index (κ3) is 2.67.